The number of rotatable bonds is 3. The number of halogens is 1. The summed E-state index contributed by atoms with van der Waals surface area (Å²) in [6, 6.07) is 3.70. The fraction of sp³-hybridized carbons (Fsp3) is 0.353. The zero-order valence-electron chi connectivity index (χ0n) is 12.5. The molecule has 2 aromatic rings. The molecule has 6 heteroatoms. The van der Waals surface area contributed by atoms with Crippen LogP contribution in [0.3, 0.4) is 0 Å². The first kappa shape index (κ1) is 16.0. The van der Waals surface area contributed by atoms with Gasteiger partial charge in [0.2, 0.25) is 0 Å². The highest BCUT2D eigenvalue weighted by molar-refractivity contribution is 7.17. The topological polar surface area (TPSA) is 54.9 Å². The molecule has 0 radical (unpaired) electrons. The van der Waals surface area contributed by atoms with Crippen molar-refractivity contribution in [2.24, 2.45) is 0 Å². The summed E-state index contributed by atoms with van der Waals surface area (Å²) in [5, 5.41) is 3.88. The Morgan fingerprint density at radius 3 is 2.83 bits per heavy atom. The van der Waals surface area contributed by atoms with Crippen molar-refractivity contribution in [3.05, 3.63) is 34.6 Å². The fourth-order valence-corrected chi connectivity index (χ4v) is 3.97. The van der Waals surface area contributed by atoms with Gasteiger partial charge in [-0.2, -0.15) is 0 Å². The lowest BCUT2D eigenvalue weighted by atomic mass is 9.82. The van der Waals surface area contributed by atoms with E-state index in [4.69, 9.17) is 18.0 Å². The minimum atomic E-state index is -0.558. The summed E-state index contributed by atoms with van der Waals surface area (Å²) in [6.07, 6.45) is 13.9. The van der Waals surface area contributed by atoms with Crippen LogP contribution in [0.15, 0.2) is 24.5 Å². The van der Waals surface area contributed by atoms with Gasteiger partial charge in [0.05, 0.1) is 0 Å². The van der Waals surface area contributed by atoms with Gasteiger partial charge in [-0.15, -0.1) is 17.8 Å². The Labute approximate surface area is 144 Å². The molecule has 118 valence electrons. The largest absolute Gasteiger partial charge is 0.335 e. The van der Waals surface area contributed by atoms with E-state index in [-0.39, 0.29) is 11.1 Å². The van der Waals surface area contributed by atoms with Gasteiger partial charge in [0.1, 0.15) is 15.4 Å². The Balaban J connectivity index is 1.83. The third-order valence-electron chi connectivity index (χ3n) is 4.04. The first-order valence-corrected chi connectivity index (χ1v) is 8.70. The molecule has 1 amide bonds. The number of nitrogens with one attached hydrogen (secondary N) is 1. The molecule has 1 N–H and O–H groups in total. The van der Waals surface area contributed by atoms with Gasteiger partial charge in [0.25, 0.3) is 5.91 Å². The van der Waals surface area contributed by atoms with Crippen molar-refractivity contribution in [2.75, 3.05) is 0 Å². The van der Waals surface area contributed by atoms with E-state index in [1.54, 1.807) is 12.4 Å². The van der Waals surface area contributed by atoms with E-state index in [2.05, 4.69) is 21.2 Å². The minimum absolute atomic E-state index is 0.203. The van der Waals surface area contributed by atoms with Crippen LogP contribution in [0.1, 0.15) is 41.8 Å². The van der Waals surface area contributed by atoms with Gasteiger partial charge in [-0.05, 0) is 25.0 Å². The minimum Gasteiger partial charge on any atom is -0.335 e. The summed E-state index contributed by atoms with van der Waals surface area (Å²) < 4.78 is 0. The monoisotopic (exact) mass is 345 g/mol. The van der Waals surface area contributed by atoms with Crippen LogP contribution < -0.4 is 5.32 Å². The lowest BCUT2D eigenvalue weighted by Gasteiger charge is -2.33. The van der Waals surface area contributed by atoms with E-state index in [0.29, 0.717) is 9.88 Å². The van der Waals surface area contributed by atoms with Gasteiger partial charge in [-0.1, -0.05) is 36.8 Å². The Morgan fingerprint density at radius 2 is 2.17 bits per heavy atom. The maximum atomic E-state index is 12.6. The lowest BCUT2D eigenvalue weighted by molar-refractivity contribution is 0.0908. The van der Waals surface area contributed by atoms with Crippen LogP contribution in [0.25, 0.3) is 10.6 Å². The molecule has 4 nitrogen and oxygen atoms in total. The Bertz CT molecular complexity index is 745. The second-order valence-electron chi connectivity index (χ2n) is 5.62. The number of thiazole rings is 1. The third-order valence-corrected chi connectivity index (χ3v) is 5.53. The van der Waals surface area contributed by atoms with Crippen molar-refractivity contribution in [1.29, 1.82) is 0 Å². The van der Waals surface area contributed by atoms with E-state index in [1.165, 1.54) is 11.3 Å². The SMILES string of the molecule is C#CC1(NC(=O)c2sc(-c3cccnc3)nc2Cl)CCCCC1. The van der Waals surface area contributed by atoms with Crippen molar-refractivity contribution >= 4 is 28.8 Å². The number of carbonyl (C=O) groups excluding carboxylic acids is 1. The summed E-state index contributed by atoms with van der Waals surface area (Å²) in [4.78, 5) is 21.3. The second kappa shape index (κ2) is 6.69. The number of hydrogen-bond acceptors (Lipinski definition) is 4. The molecular weight excluding hydrogens is 330 g/mol. The van der Waals surface area contributed by atoms with Gasteiger partial charge in [0.15, 0.2) is 5.15 Å². The molecule has 0 aliphatic heterocycles. The average molecular weight is 346 g/mol. The summed E-state index contributed by atoms with van der Waals surface area (Å²) in [6.45, 7) is 0. The van der Waals surface area contributed by atoms with Crippen LogP contribution in [0.4, 0.5) is 0 Å². The zero-order chi connectivity index (χ0) is 16.3. The van der Waals surface area contributed by atoms with E-state index in [9.17, 15) is 4.79 Å². The summed E-state index contributed by atoms with van der Waals surface area (Å²) >= 11 is 7.42. The quantitative estimate of drug-likeness (QED) is 0.858. The van der Waals surface area contributed by atoms with Crippen molar-refractivity contribution in [2.45, 2.75) is 37.6 Å². The molecule has 1 saturated carbocycles. The average Bonchev–Trinajstić information content (AvgIpc) is 2.98. The molecule has 1 fully saturated rings. The van der Waals surface area contributed by atoms with Crippen LogP contribution in [0.2, 0.25) is 5.15 Å². The highest BCUT2D eigenvalue weighted by Crippen LogP contribution is 2.32. The molecule has 2 heterocycles. The number of amides is 1. The number of hydrogen-bond donors (Lipinski definition) is 1. The molecule has 2 aromatic heterocycles. The van der Waals surface area contributed by atoms with Gasteiger partial charge in [0, 0.05) is 18.0 Å². The summed E-state index contributed by atoms with van der Waals surface area (Å²) in [5.74, 6) is 2.53. The number of aromatic nitrogens is 2. The van der Waals surface area contributed by atoms with Crippen molar-refractivity contribution in [1.82, 2.24) is 15.3 Å². The van der Waals surface area contributed by atoms with E-state index in [0.717, 1.165) is 37.7 Å². The molecule has 0 atom stereocenters. The predicted molar refractivity (Wildman–Crippen MR) is 92.5 cm³/mol. The zero-order valence-corrected chi connectivity index (χ0v) is 14.1. The van der Waals surface area contributed by atoms with E-state index < -0.39 is 5.54 Å². The number of nitrogens with zero attached hydrogens (tertiary/aromatic N) is 2. The Kier molecular flexibility index (Phi) is 4.65. The molecule has 3 rings (SSSR count). The molecular formula is C17H16ClN3OS. The highest BCUT2D eigenvalue weighted by atomic mass is 35.5. The molecule has 0 spiro atoms. The lowest BCUT2D eigenvalue weighted by Crippen LogP contribution is -2.48. The number of pyridine rings is 1. The molecule has 1 aliphatic rings. The molecule has 0 bridgehead atoms. The highest BCUT2D eigenvalue weighted by Gasteiger charge is 2.33. The maximum Gasteiger partial charge on any atom is 0.265 e. The number of terminal acetylenes is 1. The molecule has 1 aliphatic carbocycles. The Morgan fingerprint density at radius 1 is 1.39 bits per heavy atom. The van der Waals surface area contributed by atoms with Gasteiger partial charge < -0.3 is 5.32 Å². The molecule has 23 heavy (non-hydrogen) atoms. The smallest absolute Gasteiger partial charge is 0.265 e. The van der Waals surface area contributed by atoms with Crippen molar-refractivity contribution < 1.29 is 4.79 Å². The third kappa shape index (κ3) is 3.39. The van der Waals surface area contributed by atoms with Crippen LogP contribution in [-0.4, -0.2) is 21.4 Å². The second-order valence-corrected chi connectivity index (χ2v) is 6.98. The van der Waals surface area contributed by atoms with E-state index in [1.807, 2.05) is 12.1 Å². The van der Waals surface area contributed by atoms with Gasteiger partial charge >= 0.3 is 0 Å². The first-order valence-electron chi connectivity index (χ1n) is 7.50. The number of carbonyl (C=O) groups is 1. The normalized spacial score (nSPS) is 16.5. The molecule has 0 unspecified atom stereocenters. The van der Waals surface area contributed by atoms with Gasteiger partial charge in [-0.3, -0.25) is 9.78 Å². The maximum absolute atomic E-state index is 12.6. The molecule has 0 aromatic carbocycles. The Hall–Kier alpha value is -1.90. The van der Waals surface area contributed by atoms with Gasteiger partial charge in [-0.25, -0.2) is 4.98 Å². The van der Waals surface area contributed by atoms with Crippen LogP contribution >= 0.6 is 22.9 Å². The van der Waals surface area contributed by atoms with Crippen molar-refractivity contribution in [3.8, 4) is 22.9 Å². The van der Waals surface area contributed by atoms with E-state index >= 15 is 0 Å². The first-order chi connectivity index (χ1) is 11.1. The molecule has 0 saturated heterocycles. The van der Waals surface area contributed by atoms with Crippen LogP contribution in [0, 0.1) is 12.3 Å². The predicted octanol–water partition coefficient (Wildman–Crippen LogP) is 3.92. The van der Waals surface area contributed by atoms with Crippen molar-refractivity contribution in [3.63, 3.8) is 0 Å². The van der Waals surface area contributed by atoms with Crippen LogP contribution in [0.5, 0.6) is 0 Å². The summed E-state index contributed by atoms with van der Waals surface area (Å²) in [7, 11) is 0. The fourth-order valence-electron chi connectivity index (χ4n) is 2.79. The van der Waals surface area contributed by atoms with Crippen LogP contribution in [-0.2, 0) is 0 Å². The standard InChI is InChI=1S/C17H16ClN3OS/c1-2-17(8-4-3-5-9-17)21-15(22)13-14(18)20-16(23-13)12-7-6-10-19-11-12/h1,6-7,10-11H,3-5,8-9H2,(H,21,22). The summed E-state index contributed by atoms with van der Waals surface area (Å²) in [5.41, 5.74) is 0.277.